The van der Waals surface area contributed by atoms with E-state index >= 15 is 0 Å². The molecule has 8 atom stereocenters. The van der Waals surface area contributed by atoms with E-state index in [9.17, 15) is 44.0 Å². The molecule has 0 aromatic rings. The van der Waals surface area contributed by atoms with Gasteiger partial charge in [-0.25, -0.2) is 9.13 Å². The summed E-state index contributed by atoms with van der Waals surface area (Å²) < 4.78 is 53.4. The normalized spacial score (nSPS) is 21.0. The van der Waals surface area contributed by atoms with Crippen molar-refractivity contribution in [3.8, 4) is 0 Å². The Balaban J connectivity index is 2.60. The Morgan fingerprint density at radius 2 is 1.29 bits per heavy atom. The number of allylic oxidation sites excluding steroid dienone is 6. The lowest BCUT2D eigenvalue weighted by atomic mass is 9.87. The highest BCUT2D eigenvalue weighted by Crippen LogP contribution is 2.44. The van der Waals surface area contributed by atoms with Crippen molar-refractivity contribution in [2.45, 2.75) is 185 Å². The van der Waals surface area contributed by atoms with E-state index in [0.717, 1.165) is 64.2 Å². The number of esters is 2. The minimum Gasteiger partial charge on any atom is -0.462 e. The van der Waals surface area contributed by atoms with Crippen LogP contribution in [0.4, 0.5) is 0 Å². The summed E-state index contributed by atoms with van der Waals surface area (Å²) in [4.78, 5) is 53.0. The number of hydrogen-bond donors (Lipinski definition) is 7. The Bertz CT molecular complexity index is 1420. The van der Waals surface area contributed by atoms with Crippen LogP contribution in [0.1, 0.15) is 149 Å². The smallest absolute Gasteiger partial charge is 0.462 e. The van der Waals surface area contributed by atoms with Gasteiger partial charge in [-0.2, -0.15) is 0 Å². The second-order valence-electron chi connectivity index (χ2n) is 15.8. The zero-order valence-corrected chi connectivity index (χ0v) is 39.2. The number of aliphatic hydroxyl groups excluding tert-OH is 4. The van der Waals surface area contributed by atoms with Crippen LogP contribution in [0.2, 0.25) is 0 Å². The molecule has 63 heavy (non-hydrogen) atoms. The number of phosphoric ester groups is 2. The van der Waals surface area contributed by atoms with E-state index < -0.39 is 90.8 Å². The summed E-state index contributed by atoms with van der Waals surface area (Å²) in [5.74, 6) is -1.60. The van der Waals surface area contributed by atoms with Crippen LogP contribution in [0.5, 0.6) is 0 Å². The van der Waals surface area contributed by atoms with E-state index in [-0.39, 0.29) is 25.2 Å². The Morgan fingerprint density at radius 1 is 0.698 bits per heavy atom. The summed E-state index contributed by atoms with van der Waals surface area (Å²) in [7, 11) is -9.78. The molecule has 1 aliphatic rings. The third kappa shape index (κ3) is 34.0. The van der Waals surface area contributed by atoms with Crippen molar-refractivity contribution in [2.75, 3.05) is 26.4 Å². The fourth-order valence-electron chi connectivity index (χ4n) is 6.42. The van der Waals surface area contributed by atoms with Gasteiger partial charge in [0.05, 0.1) is 38.1 Å². The molecule has 0 spiro atoms. The van der Waals surface area contributed by atoms with E-state index in [4.69, 9.17) is 28.5 Å². The molecule has 0 amide bonds. The predicted molar refractivity (Wildman–Crippen MR) is 238 cm³/mol. The fraction of sp³-hybridized carbons (Fsp3) is 0.773. The SMILES string of the molecule is CCCCC/C=C\C/C=C\CCCCCCCC(=O)O[C@H](COC(=O)CCC/C=C\C[C@H]1[C@@H](O)CC(O)O[C@@H]1/C=C/[C@@H](O)CCCCC)COP(=O)(O)OC[C@@H](O)COP(=O)(O)O. The summed E-state index contributed by atoms with van der Waals surface area (Å²) in [6.45, 7) is 1.30. The number of rotatable bonds is 38. The van der Waals surface area contributed by atoms with Crippen LogP contribution in [0.25, 0.3) is 0 Å². The third-order valence-electron chi connectivity index (χ3n) is 9.98. The molecule has 19 heteroatoms. The van der Waals surface area contributed by atoms with Crippen LogP contribution in [0.3, 0.4) is 0 Å². The van der Waals surface area contributed by atoms with E-state index in [0.29, 0.717) is 32.1 Å². The Morgan fingerprint density at radius 3 is 1.98 bits per heavy atom. The summed E-state index contributed by atoms with van der Waals surface area (Å²) in [5, 5.41) is 40.7. The van der Waals surface area contributed by atoms with Gasteiger partial charge >= 0.3 is 27.6 Å². The van der Waals surface area contributed by atoms with E-state index in [2.05, 4.69) is 47.2 Å². The average Bonchev–Trinajstić information content (AvgIpc) is 3.22. The van der Waals surface area contributed by atoms with Gasteiger partial charge in [0, 0.05) is 25.2 Å². The first kappa shape index (κ1) is 58.9. The first-order valence-electron chi connectivity index (χ1n) is 22.7. The molecule has 1 heterocycles. The Labute approximate surface area is 374 Å². The van der Waals surface area contributed by atoms with Crippen LogP contribution in [-0.4, -0.2) is 110 Å². The maximum atomic E-state index is 12.7. The van der Waals surface area contributed by atoms with Gasteiger partial charge in [-0.15, -0.1) is 0 Å². The number of aliphatic hydroxyl groups is 4. The molecule has 1 saturated heterocycles. The molecule has 366 valence electrons. The van der Waals surface area contributed by atoms with Crippen LogP contribution in [0.15, 0.2) is 48.6 Å². The molecule has 1 aliphatic heterocycles. The summed E-state index contributed by atoms with van der Waals surface area (Å²) >= 11 is 0. The van der Waals surface area contributed by atoms with Gasteiger partial charge in [-0.1, -0.05) is 114 Å². The molecule has 1 fully saturated rings. The number of hydrogen-bond acceptors (Lipinski definition) is 14. The predicted octanol–water partition coefficient (Wildman–Crippen LogP) is 7.56. The van der Waals surface area contributed by atoms with Gasteiger partial charge in [0.25, 0.3) is 0 Å². The molecular weight excluding hydrogens is 862 g/mol. The number of phosphoric acid groups is 2. The summed E-state index contributed by atoms with van der Waals surface area (Å²) in [5.41, 5.74) is 0. The molecule has 7 N–H and O–H groups in total. The lowest BCUT2D eigenvalue weighted by Crippen LogP contribution is -2.43. The lowest BCUT2D eigenvalue weighted by molar-refractivity contribution is -0.199. The number of carbonyl (C=O) groups is 2. The zero-order valence-electron chi connectivity index (χ0n) is 37.4. The van der Waals surface area contributed by atoms with Gasteiger partial charge in [-0.3, -0.25) is 23.2 Å². The summed E-state index contributed by atoms with van der Waals surface area (Å²) in [6, 6.07) is 0. The molecule has 1 rings (SSSR count). The molecule has 2 unspecified atom stereocenters. The number of unbranched alkanes of at least 4 members (excludes halogenated alkanes) is 11. The van der Waals surface area contributed by atoms with Crippen LogP contribution in [-0.2, 0) is 46.5 Å². The lowest BCUT2D eigenvalue weighted by Gasteiger charge is -2.36. The third-order valence-corrected chi connectivity index (χ3v) is 11.4. The van der Waals surface area contributed by atoms with E-state index in [1.54, 1.807) is 12.2 Å². The number of carbonyl (C=O) groups excluding carboxylic acids is 2. The molecular formula is C44H78O17P2. The minimum absolute atomic E-state index is 0.00333. The van der Waals surface area contributed by atoms with Crippen molar-refractivity contribution in [3.05, 3.63) is 48.6 Å². The molecule has 0 radical (unpaired) electrons. The van der Waals surface area contributed by atoms with Crippen molar-refractivity contribution in [1.29, 1.82) is 0 Å². The van der Waals surface area contributed by atoms with Crippen LogP contribution in [0, 0.1) is 5.92 Å². The largest absolute Gasteiger partial charge is 0.472 e. The molecule has 0 bridgehead atoms. The van der Waals surface area contributed by atoms with Gasteiger partial charge in [0.15, 0.2) is 12.4 Å². The quantitative estimate of drug-likeness (QED) is 0.0136. The van der Waals surface area contributed by atoms with Gasteiger partial charge < -0.3 is 49.3 Å². The zero-order chi connectivity index (χ0) is 46.8. The summed E-state index contributed by atoms with van der Waals surface area (Å²) in [6.07, 6.45) is 25.7. The van der Waals surface area contributed by atoms with Crippen LogP contribution >= 0.6 is 15.6 Å². The van der Waals surface area contributed by atoms with E-state index in [1.807, 2.05) is 12.2 Å². The highest BCUT2D eigenvalue weighted by molar-refractivity contribution is 7.47. The molecule has 0 aliphatic carbocycles. The molecule has 0 saturated carbocycles. The fourth-order valence-corrected chi connectivity index (χ4v) is 7.57. The Kier molecular flexibility index (Phi) is 33.8. The average molecular weight is 941 g/mol. The van der Waals surface area contributed by atoms with Gasteiger partial charge in [-0.05, 0) is 64.2 Å². The van der Waals surface area contributed by atoms with Crippen molar-refractivity contribution in [1.82, 2.24) is 0 Å². The minimum atomic E-state index is -4.90. The van der Waals surface area contributed by atoms with Crippen LogP contribution < -0.4 is 0 Å². The van der Waals surface area contributed by atoms with Crippen molar-refractivity contribution in [3.63, 3.8) is 0 Å². The highest BCUT2D eigenvalue weighted by Gasteiger charge is 2.35. The van der Waals surface area contributed by atoms with E-state index in [1.165, 1.54) is 19.3 Å². The number of ether oxygens (including phenoxy) is 3. The van der Waals surface area contributed by atoms with Crippen molar-refractivity contribution >= 4 is 27.6 Å². The maximum Gasteiger partial charge on any atom is 0.472 e. The highest BCUT2D eigenvalue weighted by atomic mass is 31.2. The Hall–Kier alpha value is -2.08. The second-order valence-corrected chi connectivity index (χ2v) is 18.5. The van der Waals surface area contributed by atoms with Gasteiger partial charge in [0.1, 0.15) is 12.7 Å². The van der Waals surface area contributed by atoms with Gasteiger partial charge in [0.2, 0.25) is 0 Å². The first-order valence-corrected chi connectivity index (χ1v) is 25.8. The molecule has 0 aromatic heterocycles. The molecule has 17 nitrogen and oxygen atoms in total. The first-order chi connectivity index (χ1) is 30.0. The topological polar surface area (TPSA) is 265 Å². The monoisotopic (exact) mass is 940 g/mol. The van der Waals surface area contributed by atoms with Crippen molar-refractivity contribution < 1.29 is 81.6 Å². The molecule has 0 aromatic carbocycles. The second kappa shape index (κ2) is 36.1. The standard InChI is InChI=1S/C44H78O17P2/c1-3-5-7-8-9-10-11-12-13-14-15-16-17-18-24-28-43(49)60-38(35-59-63(54,55)58-33-37(46)32-57-62(51,52)53)34-56-42(48)27-23-20-19-22-26-39-40(47)31-44(50)61-41(39)30-29-36(45)25-21-6-4-2/h9-10,12-13,19,22,29-30,36-41,44-47,50H,3-8,11,14-18,20-21,23-28,31-35H2,1-2H3,(H,54,55)(H2,51,52,53)/b10-9-,13-12-,22-19-,30-29+/t36-,37-,38+,39-,40-,41+,44?/m0/s1. The van der Waals surface area contributed by atoms with Crippen molar-refractivity contribution in [2.24, 2.45) is 5.92 Å². The maximum absolute atomic E-state index is 12.7.